The van der Waals surface area contributed by atoms with Gasteiger partial charge in [0.25, 0.3) is 5.91 Å². The first-order valence-electron chi connectivity index (χ1n) is 8.18. The van der Waals surface area contributed by atoms with Crippen LogP contribution in [0.2, 0.25) is 0 Å². The summed E-state index contributed by atoms with van der Waals surface area (Å²) in [5.41, 5.74) is 1.97. The van der Waals surface area contributed by atoms with Crippen LogP contribution in [0.15, 0.2) is 72.0 Å². The van der Waals surface area contributed by atoms with Crippen molar-refractivity contribution in [1.29, 1.82) is 0 Å². The predicted octanol–water partition coefficient (Wildman–Crippen LogP) is 4.74. The fourth-order valence-electron chi connectivity index (χ4n) is 2.82. The van der Waals surface area contributed by atoms with Gasteiger partial charge in [0.1, 0.15) is 9.71 Å². The van der Waals surface area contributed by atoms with Crippen LogP contribution >= 0.6 is 23.1 Å². The molecule has 0 fully saturated rings. The zero-order chi connectivity index (χ0) is 17.9. The molecule has 0 spiro atoms. The summed E-state index contributed by atoms with van der Waals surface area (Å²) in [7, 11) is 0. The Morgan fingerprint density at radius 1 is 1.15 bits per heavy atom. The number of rotatable bonds is 5. The van der Waals surface area contributed by atoms with E-state index in [0.29, 0.717) is 11.4 Å². The molecule has 4 aromatic rings. The molecule has 3 heterocycles. The van der Waals surface area contributed by atoms with Crippen LogP contribution in [0.4, 0.5) is 0 Å². The Hall–Kier alpha value is -2.57. The quantitative estimate of drug-likeness (QED) is 0.510. The molecule has 0 atom stereocenters. The number of benzene rings is 1. The Morgan fingerprint density at radius 3 is 2.65 bits per heavy atom. The molecule has 0 saturated carbocycles. The van der Waals surface area contributed by atoms with Gasteiger partial charge in [-0.25, -0.2) is 4.98 Å². The summed E-state index contributed by atoms with van der Waals surface area (Å²) in [4.78, 5) is 20.1. The van der Waals surface area contributed by atoms with E-state index in [9.17, 15) is 4.79 Å². The predicted molar refractivity (Wildman–Crippen MR) is 108 cm³/mol. The number of thioether (sulfide) groups is 1. The maximum absolute atomic E-state index is 12.9. The third-order valence-electron chi connectivity index (χ3n) is 4.12. The lowest BCUT2D eigenvalue weighted by Gasteiger charge is -2.08. The monoisotopic (exact) mass is 379 g/mol. The van der Waals surface area contributed by atoms with Gasteiger partial charge in [-0.2, -0.15) is 0 Å². The van der Waals surface area contributed by atoms with Crippen LogP contribution in [0.25, 0.3) is 15.9 Å². The van der Waals surface area contributed by atoms with Gasteiger partial charge in [-0.15, -0.1) is 23.1 Å². The highest BCUT2D eigenvalue weighted by atomic mass is 32.2. The molecule has 0 bridgehead atoms. The number of amides is 1. The average Bonchev–Trinajstić information content (AvgIpc) is 3.33. The zero-order valence-corrected chi connectivity index (χ0v) is 15.8. The standard InChI is InChI=1S/C20H17N3OS2/c1-25-15-8-6-14(7-9-15)13-22-19(24)18-17(23-11-2-3-12-23)16-5-4-10-21-20(16)26-18/h2-12H,13H2,1H3,(H,22,24). The third-order valence-corrected chi connectivity index (χ3v) is 5.97. The van der Waals surface area contributed by atoms with E-state index in [1.165, 1.54) is 16.2 Å². The summed E-state index contributed by atoms with van der Waals surface area (Å²) in [5, 5.41) is 4.03. The topological polar surface area (TPSA) is 46.9 Å². The Balaban J connectivity index is 1.63. The summed E-state index contributed by atoms with van der Waals surface area (Å²) in [6, 6.07) is 16.0. The second kappa shape index (κ2) is 7.35. The van der Waals surface area contributed by atoms with E-state index in [4.69, 9.17) is 0 Å². The van der Waals surface area contributed by atoms with E-state index in [0.717, 1.165) is 21.5 Å². The number of hydrogen-bond acceptors (Lipinski definition) is 4. The Labute approximate surface area is 159 Å². The molecule has 0 aliphatic heterocycles. The van der Waals surface area contributed by atoms with Gasteiger partial charge >= 0.3 is 0 Å². The summed E-state index contributed by atoms with van der Waals surface area (Å²) >= 11 is 3.13. The molecular weight excluding hydrogens is 362 g/mol. The van der Waals surface area contributed by atoms with Crippen molar-refractivity contribution in [3.05, 3.63) is 77.6 Å². The van der Waals surface area contributed by atoms with Gasteiger partial charge < -0.3 is 9.88 Å². The Bertz CT molecular complexity index is 1040. The molecule has 4 rings (SSSR count). The van der Waals surface area contributed by atoms with E-state index in [1.54, 1.807) is 18.0 Å². The molecule has 130 valence electrons. The summed E-state index contributed by atoms with van der Waals surface area (Å²) in [6.07, 6.45) is 7.71. The number of aromatic nitrogens is 2. The molecular formula is C20H17N3OS2. The molecule has 6 heteroatoms. The van der Waals surface area contributed by atoms with Crippen LogP contribution in [0.5, 0.6) is 0 Å². The second-order valence-corrected chi connectivity index (χ2v) is 7.64. The number of carbonyl (C=O) groups is 1. The van der Waals surface area contributed by atoms with Crippen LogP contribution in [0.1, 0.15) is 15.2 Å². The molecule has 1 aromatic carbocycles. The maximum Gasteiger partial charge on any atom is 0.263 e. The summed E-state index contributed by atoms with van der Waals surface area (Å²) < 4.78 is 1.97. The molecule has 0 saturated heterocycles. The van der Waals surface area contributed by atoms with Gasteiger partial charge in [-0.3, -0.25) is 4.79 Å². The molecule has 3 aromatic heterocycles. The number of pyridine rings is 1. The smallest absolute Gasteiger partial charge is 0.263 e. The third kappa shape index (κ3) is 3.25. The van der Waals surface area contributed by atoms with Crippen molar-refractivity contribution >= 4 is 39.2 Å². The first-order chi connectivity index (χ1) is 12.8. The van der Waals surface area contributed by atoms with Crippen LogP contribution in [-0.4, -0.2) is 21.7 Å². The van der Waals surface area contributed by atoms with Gasteiger partial charge in [-0.05, 0) is 48.2 Å². The fraction of sp³-hybridized carbons (Fsp3) is 0.100. The lowest BCUT2D eigenvalue weighted by Crippen LogP contribution is -2.22. The molecule has 0 unspecified atom stereocenters. The maximum atomic E-state index is 12.9. The molecule has 1 N–H and O–H groups in total. The van der Waals surface area contributed by atoms with Gasteiger partial charge in [0.05, 0.1) is 5.69 Å². The van der Waals surface area contributed by atoms with Crippen molar-refractivity contribution in [2.45, 2.75) is 11.4 Å². The fourth-order valence-corrected chi connectivity index (χ4v) is 4.29. The van der Waals surface area contributed by atoms with Crippen molar-refractivity contribution in [3.8, 4) is 5.69 Å². The largest absolute Gasteiger partial charge is 0.347 e. The normalized spacial score (nSPS) is 11.0. The summed E-state index contributed by atoms with van der Waals surface area (Å²) in [5.74, 6) is -0.0781. The highest BCUT2D eigenvalue weighted by Gasteiger charge is 2.20. The van der Waals surface area contributed by atoms with Crippen molar-refractivity contribution in [2.75, 3.05) is 6.26 Å². The van der Waals surface area contributed by atoms with Crippen molar-refractivity contribution < 1.29 is 4.79 Å². The van der Waals surface area contributed by atoms with E-state index in [2.05, 4.69) is 28.7 Å². The lowest BCUT2D eigenvalue weighted by molar-refractivity contribution is 0.0955. The number of hydrogen-bond donors (Lipinski definition) is 1. The minimum atomic E-state index is -0.0781. The first kappa shape index (κ1) is 16.9. The molecule has 0 aliphatic carbocycles. The van der Waals surface area contributed by atoms with Crippen molar-refractivity contribution in [2.24, 2.45) is 0 Å². The SMILES string of the molecule is CSc1ccc(CNC(=O)c2sc3ncccc3c2-n2cccc2)cc1. The second-order valence-electron chi connectivity index (χ2n) is 5.76. The number of nitrogens with one attached hydrogen (secondary N) is 1. The van der Waals surface area contributed by atoms with Crippen LogP contribution in [0.3, 0.4) is 0 Å². The zero-order valence-electron chi connectivity index (χ0n) is 14.2. The minimum absolute atomic E-state index is 0.0781. The number of thiophene rings is 1. The molecule has 26 heavy (non-hydrogen) atoms. The summed E-state index contributed by atoms with van der Waals surface area (Å²) in [6.45, 7) is 0.500. The van der Waals surface area contributed by atoms with Gasteiger partial charge in [0.15, 0.2) is 0 Å². The van der Waals surface area contributed by atoms with E-state index >= 15 is 0 Å². The minimum Gasteiger partial charge on any atom is -0.347 e. The molecule has 0 aliphatic rings. The van der Waals surface area contributed by atoms with E-state index in [1.807, 2.05) is 53.4 Å². The molecule has 1 amide bonds. The first-order valence-corrected chi connectivity index (χ1v) is 10.2. The van der Waals surface area contributed by atoms with Crippen molar-refractivity contribution in [3.63, 3.8) is 0 Å². The molecule has 0 radical (unpaired) electrons. The number of carbonyl (C=O) groups excluding carboxylic acids is 1. The van der Waals surface area contributed by atoms with Gasteiger partial charge in [-0.1, -0.05) is 12.1 Å². The van der Waals surface area contributed by atoms with E-state index in [-0.39, 0.29) is 5.91 Å². The average molecular weight is 380 g/mol. The van der Waals surface area contributed by atoms with Gasteiger partial charge in [0.2, 0.25) is 0 Å². The van der Waals surface area contributed by atoms with E-state index < -0.39 is 0 Å². The highest BCUT2D eigenvalue weighted by Crippen LogP contribution is 2.33. The van der Waals surface area contributed by atoms with Crippen LogP contribution < -0.4 is 5.32 Å². The number of fused-ring (bicyclic) bond motifs is 1. The Morgan fingerprint density at radius 2 is 1.92 bits per heavy atom. The van der Waals surface area contributed by atoms with Crippen LogP contribution in [-0.2, 0) is 6.54 Å². The Kier molecular flexibility index (Phi) is 4.77. The molecule has 4 nitrogen and oxygen atoms in total. The van der Waals surface area contributed by atoms with Gasteiger partial charge in [0, 0.05) is 35.4 Å². The van der Waals surface area contributed by atoms with Crippen LogP contribution in [0, 0.1) is 0 Å². The van der Waals surface area contributed by atoms with Crippen molar-refractivity contribution in [1.82, 2.24) is 14.9 Å². The highest BCUT2D eigenvalue weighted by molar-refractivity contribution is 7.98. The lowest BCUT2D eigenvalue weighted by atomic mass is 10.2. The number of nitrogens with zero attached hydrogens (tertiary/aromatic N) is 2.